The summed E-state index contributed by atoms with van der Waals surface area (Å²) in [5, 5.41) is 2.72. The number of ether oxygens (including phenoxy) is 1. The summed E-state index contributed by atoms with van der Waals surface area (Å²) in [6.45, 7) is 5.82. The summed E-state index contributed by atoms with van der Waals surface area (Å²) >= 11 is 5.67. The molecule has 1 amide bonds. The highest BCUT2D eigenvalue weighted by Gasteiger charge is 2.15. The second-order valence-corrected chi connectivity index (χ2v) is 5.67. The smallest absolute Gasteiger partial charge is 0.407 e. The van der Waals surface area contributed by atoms with Crippen molar-refractivity contribution in [2.75, 3.05) is 6.54 Å². The molecule has 0 saturated carbocycles. The third-order valence-electron chi connectivity index (χ3n) is 2.26. The zero-order chi connectivity index (χ0) is 15.2. The number of hydrogen-bond donors (Lipinski definition) is 1. The second kappa shape index (κ2) is 7.29. The minimum absolute atomic E-state index is 0.0963. The molecule has 0 aliphatic rings. The number of rotatable bonds is 4. The first-order chi connectivity index (χ1) is 9.29. The number of nitrogens with one attached hydrogen (secondary N) is 1. The van der Waals surface area contributed by atoms with E-state index in [-0.39, 0.29) is 5.02 Å². The van der Waals surface area contributed by atoms with Gasteiger partial charge < -0.3 is 10.1 Å². The topological polar surface area (TPSA) is 38.3 Å². The van der Waals surface area contributed by atoms with Crippen LogP contribution in [0.3, 0.4) is 0 Å². The first-order valence-electron chi connectivity index (χ1n) is 6.37. The Balaban J connectivity index is 2.36. The Kier molecular flexibility index (Phi) is 6.02. The largest absolute Gasteiger partial charge is 0.444 e. The maximum Gasteiger partial charge on any atom is 0.407 e. The molecule has 0 atom stereocenters. The van der Waals surface area contributed by atoms with E-state index in [4.69, 9.17) is 16.3 Å². The zero-order valence-electron chi connectivity index (χ0n) is 11.9. The Hall–Kier alpha value is -1.55. The zero-order valence-corrected chi connectivity index (χ0v) is 12.6. The number of benzene rings is 1. The molecule has 0 unspecified atom stereocenters. The Labute approximate surface area is 123 Å². The fraction of sp³-hybridized carbons (Fsp3) is 0.400. The highest BCUT2D eigenvalue weighted by atomic mass is 35.5. The van der Waals surface area contributed by atoms with E-state index in [1.807, 2.05) is 0 Å². The lowest BCUT2D eigenvalue weighted by Crippen LogP contribution is -2.32. The van der Waals surface area contributed by atoms with Crippen LogP contribution in [0.15, 0.2) is 24.3 Å². The highest BCUT2D eigenvalue weighted by molar-refractivity contribution is 6.30. The van der Waals surface area contributed by atoms with Crippen LogP contribution in [0.25, 0.3) is 6.08 Å². The van der Waals surface area contributed by atoms with Crippen LogP contribution in [0.1, 0.15) is 32.8 Å². The van der Waals surface area contributed by atoms with Gasteiger partial charge in [0.05, 0.1) is 5.02 Å². The first-order valence-corrected chi connectivity index (χ1v) is 6.75. The summed E-state index contributed by atoms with van der Waals surface area (Å²) in [6.07, 6.45) is 3.52. The molecule has 0 fully saturated rings. The van der Waals surface area contributed by atoms with Crippen LogP contribution in [-0.4, -0.2) is 18.2 Å². The normalized spacial score (nSPS) is 11.7. The van der Waals surface area contributed by atoms with Crippen molar-refractivity contribution in [3.63, 3.8) is 0 Å². The molecule has 1 N–H and O–H groups in total. The van der Waals surface area contributed by atoms with Crippen LogP contribution in [0.5, 0.6) is 0 Å². The van der Waals surface area contributed by atoms with Gasteiger partial charge in [0.1, 0.15) is 11.4 Å². The molecule has 0 aliphatic carbocycles. The van der Waals surface area contributed by atoms with E-state index in [2.05, 4.69) is 5.32 Å². The van der Waals surface area contributed by atoms with Crippen molar-refractivity contribution in [2.24, 2.45) is 0 Å². The van der Waals surface area contributed by atoms with Gasteiger partial charge in [0.2, 0.25) is 0 Å². The molecule has 5 heteroatoms. The van der Waals surface area contributed by atoms with E-state index in [0.717, 1.165) is 0 Å². The van der Waals surface area contributed by atoms with Gasteiger partial charge in [-0.05, 0) is 33.3 Å². The van der Waals surface area contributed by atoms with E-state index in [9.17, 15) is 9.18 Å². The minimum atomic E-state index is -0.510. The molecule has 0 spiro atoms. The maximum atomic E-state index is 13.6. The third-order valence-corrected chi connectivity index (χ3v) is 2.55. The molecule has 1 aromatic rings. The van der Waals surface area contributed by atoms with Gasteiger partial charge in [0.25, 0.3) is 0 Å². The van der Waals surface area contributed by atoms with Crippen LogP contribution in [0.2, 0.25) is 5.02 Å². The van der Waals surface area contributed by atoms with E-state index in [1.165, 1.54) is 6.07 Å². The predicted molar refractivity (Wildman–Crippen MR) is 79.3 cm³/mol. The average Bonchev–Trinajstić information content (AvgIpc) is 2.31. The Morgan fingerprint density at radius 3 is 2.80 bits per heavy atom. The summed E-state index contributed by atoms with van der Waals surface area (Å²) < 4.78 is 18.6. The summed E-state index contributed by atoms with van der Waals surface area (Å²) in [5.74, 6) is -0.439. The van der Waals surface area contributed by atoms with Crippen molar-refractivity contribution < 1.29 is 13.9 Å². The third kappa shape index (κ3) is 6.06. The van der Waals surface area contributed by atoms with Gasteiger partial charge in [-0.2, -0.15) is 0 Å². The SMILES string of the molecule is CC(C)(C)OC(=O)NCCC=Cc1cccc(Cl)c1F. The van der Waals surface area contributed by atoms with Crippen LogP contribution >= 0.6 is 11.6 Å². The van der Waals surface area contributed by atoms with Gasteiger partial charge in [0, 0.05) is 12.1 Å². The number of halogens is 2. The Morgan fingerprint density at radius 2 is 2.15 bits per heavy atom. The van der Waals surface area contributed by atoms with E-state index >= 15 is 0 Å². The quantitative estimate of drug-likeness (QED) is 0.836. The standard InChI is InChI=1S/C15H19ClFNO2/c1-15(2,3)20-14(19)18-10-5-4-7-11-8-6-9-12(16)13(11)17/h4,6-9H,5,10H2,1-3H3,(H,18,19). The summed E-state index contributed by atoms with van der Waals surface area (Å²) in [5.41, 5.74) is -0.0844. The Bertz CT molecular complexity index is 495. The summed E-state index contributed by atoms with van der Waals surface area (Å²) in [6, 6.07) is 4.82. The monoisotopic (exact) mass is 299 g/mol. The van der Waals surface area contributed by atoms with Crippen LogP contribution in [0, 0.1) is 5.82 Å². The van der Waals surface area contributed by atoms with Gasteiger partial charge in [-0.15, -0.1) is 0 Å². The van der Waals surface area contributed by atoms with E-state index in [1.54, 1.807) is 45.1 Å². The first kappa shape index (κ1) is 16.5. The van der Waals surface area contributed by atoms with E-state index < -0.39 is 17.5 Å². The van der Waals surface area contributed by atoms with Gasteiger partial charge in [-0.1, -0.05) is 35.9 Å². The number of hydrogen-bond acceptors (Lipinski definition) is 2. The summed E-state index contributed by atoms with van der Waals surface area (Å²) in [7, 11) is 0. The molecule has 1 rings (SSSR count). The molecule has 0 radical (unpaired) electrons. The second-order valence-electron chi connectivity index (χ2n) is 5.26. The fourth-order valence-corrected chi connectivity index (χ4v) is 1.61. The average molecular weight is 300 g/mol. The van der Waals surface area contributed by atoms with Crippen molar-refractivity contribution in [3.05, 3.63) is 40.7 Å². The van der Waals surface area contributed by atoms with Gasteiger partial charge in [0.15, 0.2) is 0 Å². The number of amides is 1. The van der Waals surface area contributed by atoms with Crippen molar-refractivity contribution in [1.29, 1.82) is 0 Å². The van der Waals surface area contributed by atoms with Crippen molar-refractivity contribution >= 4 is 23.8 Å². The molecule has 0 aliphatic heterocycles. The molecule has 0 saturated heterocycles. The lowest BCUT2D eigenvalue weighted by molar-refractivity contribution is 0.0529. The number of carbonyl (C=O) groups is 1. The summed E-state index contributed by atoms with van der Waals surface area (Å²) in [4.78, 5) is 11.4. The molecule has 3 nitrogen and oxygen atoms in total. The Morgan fingerprint density at radius 1 is 1.45 bits per heavy atom. The van der Waals surface area contributed by atoms with Crippen LogP contribution < -0.4 is 5.32 Å². The van der Waals surface area contributed by atoms with E-state index in [0.29, 0.717) is 18.5 Å². The predicted octanol–water partition coefficient (Wildman–Crippen LogP) is 4.41. The number of carbonyl (C=O) groups excluding carboxylic acids is 1. The van der Waals surface area contributed by atoms with Crippen molar-refractivity contribution in [1.82, 2.24) is 5.32 Å². The minimum Gasteiger partial charge on any atom is -0.444 e. The van der Waals surface area contributed by atoms with Crippen molar-refractivity contribution in [3.8, 4) is 0 Å². The van der Waals surface area contributed by atoms with Crippen LogP contribution in [0.4, 0.5) is 9.18 Å². The molecule has 0 bridgehead atoms. The molecular weight excluding hydrogens is 281 g/mol. The number of alkyl carbamates (subject to hydrolysis) is 1. The molecule has 0 aromatic heterocycles. The lowest BCUT2D eigenvalue weighted by atomic mass is 10.2. The van der Waals surface area contributed by atoms with Gasteiger partial charge >= 0.3 is 6.09 Å². The maximum absolute atomic E-state index is 13.6. The molecular formula is C15H19ClFNO2. The van der Waals surface area contributed by atoms with Crippen molar-refractivity contribution in [2.45, 2.75) is 32.8 Å². The molecule has 110 valence electrons. The molecule has 1 aromatic carbocycles. The molecule has 20 heavy (non-hydrogen) atoms. The lowest BCUT2D eigenvalue weighted by Gasteiger charge is -2.19. The highest BCUT2D eigenvalue weighted by Crippen LogP contribution is 2.18. The van der Waals surface area contributed by atoms with Gasteiger partial charge in [-0.3, -0.25) is 0 Å². The molecule has 0 heterocycles. The van der Waals surface area contributed by atoms with Gasteiger partial charge in [-0.25, -0.2) is 9.18 Å². The van der Waals surface area contributed by atoms with Crippen LogP contribution in [-0.2, 0) is 4.74 Å². The fourth-order valence-electron chi connectivity index (χ4n) is 1.43.